The molecule has 1 saturated heterocycles. The van der Waals surface area contributed by atoms with Gasteiger partial charge in [0.2, 0.25) is 5.91 Å². The number of rotatable bonds is 6. The summed E-state index contributed by atoms with van der Waals surface area (Å²) in [6.07, 6.45) is 1.62. The van der Waals surface area contributed by atoms with Crippen molar-refractivity contribution in [2.75, 3.05) is 19.8 Å². The summed E-state index contributed by atoms with van der Waals surface area (Å²) in [5.74, 6) is 0.590. The van der Waals surface area contributed by atoms with Gasteiger partial charge in [0.05, 0.1) is 5.60 Å². The van der Waals surface area contributed by atoms with Crippen molar-refractivity contribution in [1.82, 2.24) is 5.32 Å². The Bertz CT molecular complexity index is 466. The van der Waals surface area contributed by atoms with E-state index in [1.54, 1.807) is 0 Å². The van der Waals surface area contributed by atoms with Crippen LogP contribution in [-0.2, 0) is 9.53 Å². The van der Waals surface area contributed by atoms with Crippen molar-refractivity contribution in [2.24, 2.45) is 5.92 Å². The molecule has 1 unspecified atom stereocenters. The van der Waals surface area contributed by atoms with Crippen LogP contribution in [0.1, 0.15) is 44.6 Å². The zero-order valence-corrected chi connectivity index (χ0v) is 13.5. The van der Waals surface area contributed by atoms with E-state index in [4.69, 9.17) is 4.74 Å². The average molecular weight is 305 g/mol. The van der Waals surface area contributed by atoms with Crippen molar-refractivity contribution < 1.29 is 14.6 Å². The Morgan fingerprint density at radius 2 is 1.91 bits per heavy atom. The molecule has 4 nitrogen and oxygen atoms in total. The number of carbonyl (C=O) groups excluding carboxylic acids is 1. The number of ether oxygens (including phenoxy) is 1. The molecule has 2 N–H and O–H groups in total. The van der Waals surface area contributed by atoms with Gasteiger partial charge >= 0.3 is 0 Å². The maximum Gasteiger partial charge on any atom is 0.220 e. The molecule has 0 aromatic heterocycles. The molecule has 0 radical (unpaired) electrons. The van der Waals surface area contributed by atoms with E-state index in [0.717, 1.165) is 0 Å². The van der Waals surface area contributed by atoms with Crippen molar-refractivity contribution >= 4 is 5.91 Å². The van der Waals surface area contributed by atoms with Crippen LogP contribution in [0.15, 0.2) is 30.3 Å². The Morgan fingerprint density at radius 3 is 2.50 bits per heavy atom. The van der Waals surface area contributed by atoms with Crippen LogP contribution in [0, 0.1) is 5.92 Å². The van der Waals surface area contributed by atoms with Crippen LogP contribution >= 0.6 is 0 Å². The highest BCUT2D eigenvalue weighted by Crippen LogP contribution is 2.27. The topological polar surface area (TPSA) is 58.6 Å². The SMILES string of the molecule is CC(C)C(CC(=O)NCC1(O)CCOCC1)c1ccccc1. The lowest BCUT2D eigenvalue weighted by Gasteiger charge is -2.32. The van der Waals surface area contributed by atoms with E-state index in [0.29, 0.717) is 44.9 Å². The Morgan fingerprint density at radius 1 is 1.27 bits per heavy atom. The first-order valence-electron chi connectivity index (χ1n) is 8.12. The summed E-state index contributed by atoms with van der Waals surface area (Å²) in [4.78, 5) is 12.3. The van der Waals surface area contributed by atoms with Crippen LogP contribution in [0.5, 0.6) is 0 Å². The summed E-state index contributed by atoms with van der Waals surface area (Å²) in [6.45, 7) is 5.71. The highest BCUT2D eigenvalue weighted by Gasteiger charge is 2.30. The summed E-state index contributed by atoms with van der Waals surface area (Å²) in [7, 11) is 0. The minimum absolute atomic E-state index is 0.00229. The standard InChI is InChI=1S/C18H27NO3/c1-14(2)16(15-6-4-3-5-7-15)12-17(20)19-13-18(21)8-10-22-11-9-18/h3-7,14,16,21H,8-13H2,1-2H3,(H,19,20). The molecular formula is C18H27NO3. The quantitative estimate of drug-likeness (QED) is 0.849. The zero-order valence-electron chi connectivity index (χ0n) is 13.5. The van der Waals surface area contributed by atoms with E-state index >= 15 is 0 Å². The van der Waals surface area contributed by atoms with Gasteiger partial charge in [-0.3, -0.25) is 4.79 Å². The van der Waals surface area contributed by atoms with Crippen LogP contribution in [0.4, 0.5) is 0 Å². The van der Waals surface area contributed by atoms with E-state index < -0.39 is 5.60 Å². The minimum atomic E-state index is -0.812. The third kappa shape index (κ3) is 4.82. The summed E-state index contributed by atoms with van der Waals surface area (Å²) in [6, 6.07) is 10.1. The van der Waals surface area contributed by atoms with Crippen LogP contribution in [-0.4, -0.2) is 36.4 Å². The van der Waals surface area contributed by atoms with Gasteiger partial charge < -0.3 is 15.2 Å². The van der Waals surface area contributed by atoms with E-state index in [9.17, 15) is 9.90 Å². The molecule has 4 heteroatoms. The van der Waals surface area contributed by atoms with Gasteiger partial charge in [0, 0.05) is 39.0 Å². The van der Waals surface area contributed by atoms with Gasteiger partial charge in [0.15, 0.2) is 0 Å². The second-order valence-corrected chi connectivity index (χ2v) is 6.58. The fraction of sp³-hybridized carbons (Fsp3) is 0.611. The molecular weight excluding hydrogens is 278 g/mol. The third-order valence-electron chi connectivity index (χ3n) is 4.48. The number of hydrogen-bond donors (Lipinski definition) is 2. The lowest BCUT2D eigenvalue weighted by Crippen LogP contribution is -2.46. The first kappa shape index (κ1) is 17.0. The van der Waals surface area contributed by atoms with Gasteiger partial charge in [-0.15, -0.1) is 0 Å². The number of hydrogen-bond acceptors (Lipinski definition) is 3. The number of benzene rings is 1. The summed E-state index contributed by atoms with van der Waals surface area (Å²) in [5.41, 5.74) is 0.381. The molecule has 1 amide bonds. The molecule has 1 fully saturated rings. The maximum atomic E-state index is 12.3. The van der Waals surface area contributed by atoms with E-state index in [-0.39, 0.29) is 11.8 Å². The molecule has 0 saturated carbocycles. The highest BCUT2D eigenvalue weighted by atomic mass is 16.5. The van der Waals surface area contributed by atoms with Crippen molar-refractivity contribution in [1.29, 1.82) is 0 Å². The fourth-order valence-electron chi connectivity index (χ4n) is 2.90. The molecule has 0 aliphatic carbocycles. The second kappa shape index (κ2) is 7.75. The van der Waals surface area contributed by atoms with Gasteiger partial charge in [-0.1, -0.05) is 44.2 Å². The van der Waals surface area contributed by atoms with Crippen molar-refractivity contribution in [2.45, 2.75) is 44.6 Å². The molecule has 1 aromatic rings. The Balaban J connectivity index is 1.89. The average Bonchev–Trinajstić information content (AvgIpc) is 2.52. The van der Waals surface area contributed by atoms with Gasteiger partial charge in [-0.2, -0.15) is 0 Å². The summed E-state index contributed by atoms with van der Waals surface area (Å²) in [5, 5.41) is 13.3. The van der Waals surface area contributed by atoms with Crippen LogP contribution in [0.25, 0.3) is 0 Å². The Hall–Kier alpha value is -1.39. The normalized spacial score (nSPS) is 18.9. The number of amides is 1. The third-order valence-corrected chi connectivity index (χ3v) is 4.48. The van der Waals surface area contributed by atoms with Gasteiger partial charge in [0.25, 0.3) is 0 Å². The molecule has 122 valence electrons. The lowest BCUT2D eigenvalue weighted by atomic mass is 9.85. The molecule has 1 aliphatic rings. The van der Waals surface area contributed by atoms with Crippen LogP contribution in [0.2, 0.25) is 0 Å². The number of nitrogens with one attached hydrogen (secondary N) is 1. The molecule has 1 atom stereocenters. The number of carbonyl (C=O) groups is 1. The molecule has 1 aromatic carbocycles. The van der Waals surface area contributed by atoms with E-state index in [1.807, 2.05) is 18.2 Å². The largest absolute Gasteiger partial charge is 0.388 e. The van der Waals surface area contributed by atoms with Gasteiger partial charge in [0.1, 0.15) is 0 Å². The predicted octanol–water partition coefficient (Wildman–Crippen LogP) is 2.47. The molecule has 22 heavy (non-hydrogen) atoms. The zero-order chi connectivity index (χ0) is 16.0. The minimum Gasteiger partial charge on any atom is -0.388 e. The fourth-order valence-corrected chi connectivity index (χ4v) is 2.90. The smallest absolute Gasteiger partial charge is 0.220 e. The monoisotopic (exact) mass is 305 g/mol. The van der Waals surface area contributed by atoms with E-state index in [2.05, 4.69) is 31.3 Å². The number of aliphatic hydroxyl groups is 1. The van der Waals surface area contributed by atoms with E-state index in [1.165, 1.54) is 5.56 Å². The summed E-state index contributed by atoms with van der Waals surface area (Å²) < 4.78 is 5.25. The van der Waals surface area contributed by atoms with Crippen LogP contribution < -0.4 is 5.32 Å². The molecule has 1 heterocycles. The lowest BCUT2D eigenvalue weighted by molar-refractivity contribution is -0.124. The Labute approximate surface area is 132 Å². The molecule has 2 rings (SSSR count). The van der Waals surface area contributed by atoms with Crippen LogP contribution in [0.3, 0.4) is 0 Å². The van der Waals surface area contributed by atoms with Crippen molar-refractivity contribution in [3.05, 3.63) is 35.9 Å². The molecule has 0 spiro atoms. The molecule has 1 aliphatic heterocycles. The van der Waals surface area contributed by atoms with Crippen molar-refractivity contribution in [3.8, 4) is 0 Å². The predicted molar refractivity (Wildman–Crippen MR) is 86.7 cm³/mol. The summed E-state index contributed by atoms with van der Waals surface area (Å²) >= 11 is 0. The van der Waals surface area contributed by atoms with Crippen molar-refractivity contribution in [3.63, 3.8) is 0 Å². The first-order valence-corrected chi connectivity index (χ1v) is 8.12. The highest BCUT2D eigenvalue weighted by molar-refractivity contribution is 5.77. The van der Waals surface area contributed by atoms with Gasteiger partial charge in [-0.05, 0) is 17.4 Å². The van der Waals surface area contributed by atoms with Gasteiger partial charge in [-0.25, -0.2) is 0 Å². The molecule has 0 bridgehead atoms. The maximum absolute atomic E-state index is 12.3. The second-order valence-electron chi connectivity index (χ2n) is 6.58. The Kier molecular flexibility index (Phi) is 5.98. The first-order chi connectivity index (χ1) is 10.5.